The first-order valence-corrected chi connectivity index (χ1v) is 9.37. The summed E-state index contributed by atoms with van der Waals surface area (Å²) in [5.74, 6) is 0.785. The van der Waals surface area contributed by atoms with Gasteiger partial charge in [-0.1, -0.05) is 30.4 Å². The number of nitrogens with zero attached hydrogens (tertiary/aromatic N) is 2. The molecule has 0 fully saturated rings. The summed E-state index contributed by atoms with van der Waals surface area (Å²) in [6, 6.07) is 22.2. The number of nitrogen functional groups attached to an aromatic ring is 1. The lowest BCUT2D eigenvalue weighted by atomic mass is 10.1. The summed E-state index contributed by atoms with van der Waals surface area (Å²) < 4.78 is 0. The number of hydrogen-bond acceptors (Lipinski definition) is 4. The quantitative estimate of drug-likeness (QED) is 0.281. The highest BCUT2D eigenvalue weighted by Crippen LogP contribution is 2.26. The number of nitrogens with one attached hydrogen (secondary N) is 2. The van der Waals surface area contributed by atoms with E-state index in [2.05, 4.69) is 62.8 Å². The Balaban J connectivity index is 1.48. The van der Waals surface area contributed by atoms with Gasteiger partial charge in [-0.3, -0.25) is 0 Å². The summed E-state index contributed by atoms with van der Waals surface area (Å²) in [7, 11) is 0. The Morgan fingerprint density at radius 2 is 1.66 bits per heavy atom. The summed E-state index contributed by atoms with van der Waals surface area (Å²) in [6.45, 7) is 0. The lowest BCUT2D eigenvalue weighted by Crippen LogP contribution is -1.96. The number of aromatic nitrogens is 3. The molecule has 0 spiro atoms. The number of rotatable bonds is 4. The highest BCUT2D eigenvalue weighted by atomic mass is 15.0. The zero-order chi connectivity index (χ0) is 19.6. The molecule has 0 saturated carbocycles. The fraction of sp³-hybridized carbons (Fsp3) is 0. The van der Waals surface area contributed by atoms with Crippen LogP contribution in [0.3, 0.4) is 0 Å². The van der Waals surface area contributed by atoms with Gasteiger partial charge in [0.25, 0.3) is 0 Å². The highest BCUT2D eigenvalue weighted by molar-refractivity contribution is 5.93. The molecule has 0 saturated heterocycles. The highest BCUT2D eigenvalue weighted by Gasteiger charge is 2.06. The summed E-state index contributed by atoms with van der Waals surface area (Å²) in [6.07, 6.45) is 7.67. The van der Waals surface area contributed by atoms with Crippen LogP contribution in [-0.4, -0.2) is 15.0 Å². The Morgan fingerprint density at radius 1 is 0.828 bits per heavy atom. The number of anilines is 3. The van der Waals surface area contributed by atoms with Crippen LogP contribution in [0.4, 0.5) is 17.2 Å². The van der Waals surface area contributed by atoms with Crippen molar-refractivity contribution < 1.29 is 0 Å². The molecule has 5 rings (SSSR count). The van der Waals surface area contributed by atoms with E-state index in [0.29, 0.717) is 0 Å². The van der Waals surface area contributed by atoms with Gasteiger partial charge in [0.15, 0.2) is 0 Å². The molecule has 0 aliphatic carbocycles. The zero-order valence-electron chi connectivity index (χ0n) is 15.6. The van der Waals surface area contributed by atoms with E-state index in [1.165, 1.54) is 0 Å². The Kier molecular flexibility index (Phi) is 4.18. The van der Waals surface area contributed by atoms with Crippen molar-refractivity contribution in [3.63, 3.8) is 0 Å². The first-order chi connectivity index (χ1) is 14.2. The standard InChI is InChI=1S/C24H19N5/c25-19-6-3-16(4-7-19)1-2-17-5-9-23-21(13-17)24(28-15-27-23)29-20-8-10-22-18(14-20)11-12-26-22/h1-15,26H,25H2,(H,27,28,29)/b2-1+. The monoisotopic (exact) mass is 377 g/mol. The number of nitrogens with two attached hydrogens (primary N) is 1. The normalized spacial score (nSPS) is 11.4. The fourth-order valence-corrected chi connectivity index (χ4v) is 3.34. The Hall–Kier alpha value is -4.12. The van der Waals surface area contributed by atoms with Gasteiger partial charge in [-0.2, -0.15) is 0 Å². The molecule has 29 heavy (non-hydrogen) atoms. The van der Waals surface area contributed by atoms with Crippen molar-refractivity contribution in [2.24, 2.45) is 0 Å². The second-order valence-electron chi connectivity index (χ2n) is 6.90. The smallest absolute Gasteiger partial charge is 0.141 e. The van der Waals surface area contributed by atoms with Gasteiger partial charge in [0.2, 0.25) is 0 Å². The van der Waals surface area contributed by atoms with E-state index in [-0.39, 0.29) is 0 Å². The summed E-state index contributed by atoms with van der Waals surface area (Å²) in [5, 5.41) is 5.56. The summed E-state index contributed by atoms with van der Waals surface area (Å²) in [5.41, 5.74) is 11.7. The molecule has 0 amide bonds. The maximum atomic E-state index is 5.75. The van der Waals surface area contributed by atoms with E-state index in [1.807, 2.05) is 42.6 Å². The predicted octanol–water partition coefficient (Wildman–Crippen LogP) is 5.61. The molecule has 0 atom stereocenters. The van der Waals surface area contributed by atoms with Crippen molar-refractivity contribution in [2.75, 3.05) is 11.1 Å². The minimum absolute atomic E-state index is 0.763. The summed E-state index contributed by atoms with van der Waals surface area (Å²) >= 11 is 0. The molecule has 2 heterocycles. The molecule has 2 aromatic heterocycles. The molecule has 3 aromatic carbocycles. The van der Waals surface area contributed by atoms with E-state index in [1.54, 1.807) is 6.33 Å². The molecular weight excluding hydrogens is 358 g/mol. The third-order valence-electron chi connectivity index (χ3n) is 4.88. The van der Waals surface area contributed by atoms with E-state index in [4.69, 9.17) is 5.73 Å². The van der Waals surface area contributed by atoms with Gasteiger partial charge in [-0.25, -0.2) is 9.97 Å². The molecule has 5 nitrogen and oxygen atoms in total. The van der Waals surface area contributed by atoms with Crippen LogP contribution in [0.5, 0.6) is 0 Å². The van der Waals surface area contributed by atoms with Gasteiger partial charge >= 0.3 is 0 Å². The molecule has 0 radical (unpaired) electrons. The van der Waals surface area contributed by atoms with Crippen LogP contribution in [-0.2, 0) is 0 Å². The van der Waals surface area contributed by atoms with Crippen molar-refractivity contribution in [3.8, 4) is 0 Å². The number of aromatic amines is 1. The number of fused-ring (bicyclic) bond motifs is 2. The minimum Gasteiger partial charge on any atom is -0.399 e. The molecule has 140 valence electrons. The van der Waals surface area contributed by atoms with Crippen molar-refractivity contribution >= 4 is 51.2 Å². The van der Waals surface area contributed by atoms with Gasteiger partial charge in [-0.05, 0) is 59.7 Å². The van der Waals surface area contributed by atoms with Crippen LogP contribution in [0, 0.1) is 0 Å². The molecule has 4 N–H and O–H groups in total. The maximum Gasteiger partial charge on any atom is 0.141 e. The van der Waals surface area contributed by atoms with Crippen molar-refractivity contribution in [1.82, 2.24) is 15.0 Å². The van der Waals surface area contributed by atoms with Crippen molar-refractivity contribution in [1.29, 1.82) is 0 Å². The lowest BCUT2D eigenvalue weighted by Gasteiger charge is -2.09. The van der Waals surface area contributed by atoms with E-state index in [9.17, 15) is 0 Å². The molecule has 0 aliphatic rings. The Bertz CT molecular complexity index is 1330. The first kappa shape index (κ1) is 17.0. The van der Waals surface area contributed by atoms with Crippen LogP contribution in [0.1, 0.15) is 11.1 Å². The van der Waals surface area contributed by atoms with Crippen LogP contribution >= 0.6 is 0 Å². The van der Waals surface area contributed by atoms with Crippen molar-refractivity contribution in [2.45, 2.75) is 0 Å². The molecule has 0 bridgehead atoms. The number of hydrogen-bond donors (Lipinski definition) is 3. The fourth-order valence-electron chi connectivity index (χ4n) is 3.34. The molecule has 5 aromatic rings. The van der Waals surface area contributed by atoms with Crippen LogP contribution in [0.25, 0.3) is 34.0 Å². The van der Waals surface area contributed by atoms with E-state index in [0.717, 1.165) is 50.1 Å². The third kappa shape index (κ3) is 3.53. The molecule has 0 aliphatic heterocycles. The average molecular weight is 377 g/mol. The topological polar surface area (TPSA) is 79.6 Å². The van der Waals surface area contributed by atoms with Crippen LogP contribution in [0.2, 0.25) is 0 Å². The number of benzene rings is 3. The van der Waals surface area contributed by atoms with Crippen LogP contribution < -0.4 is 11.1 Å². The van der Waals surface area contributed by atoms with E-state index >= 15 is 0 Å². The van der Waals surface area contributed by atoms with E-state index < -0.39 is 0 Å². The average Bonchev–Trinajstić information content (AvgIpc) is 3.21. The first-order valence-electron chi connectivity index (χ1n) is 9.37. The molecule has 5 heteroatoms. The van der Waals surface area contributed by atoms with Crippen LogP contribution in [0.15, 0.2) is 79.3 Å². The van der Waals surface area contributed by atoms with Gasteiger partial charge in [0.1, 0.15) is 12.1 Å². The second kappa shape index (κ2) is 7.13. The number of H-pyrrole nitrogens is 1. The lowest BCUT2D eigenvalue weighted by molar-refractivity contribution is 1.22. The Labute approximate surface area is 167 Å². The molecule has 0 unspecified atom stereocenters. The van der Waals surface area contributed by atoms with Gasteiger partial charge in [-0.15, -0.1) is 0 Å². The SMILES string of the molecule is Nc1ccc(/C=C/c2ccc3ncnc(Nc4ccc5[nH]ccc5c4)c3c2)cc1. The predicted molar refractivity (Wildman–Crippen MR) is 121 cm³/mol. The second-order valence-corrected chi connectivity index (χ2v) is 6.90. The largest absolute Gasteiger partial charge is 0.399 e. The zero-order valence-corrected chi connectivity index (χ0v) is 15.6. The van der Waals surface area contributed by atoms with Gasteiger partial charge in [0, 0.05) is 33.9 Å². The third-order valence-corrected chi connectivity index (χ3v) is 4.88. The van der Waals surface area contributed by atoms with Gasteiger partial charge in [0.05, 0.1) is 5.52 Å². The minimum atomic E-state index is 0.763. The molecular formula is C24H19N5. The maximum absolute atomic E-state index is 5.75. The summed E-state index contributed by atoms with van der Waals surface area (Å²) in [4.78, 5) is 12.1. The van der Waals surface area contributed by atoms with Gasteiger partial charge < -0.3 is 16.0 Å². The Morgan fingerprint density at radius 3 is 2.55 bits per heavy atom. The van der Waals surface area contributed by atoms with Crippen molar-refractivity contribution in [3.05, 3.63) is 90.4 Å².